The number of carbonyl (C=O) groups is 2. The number of carbonyl (C=O) groups excluding carboxylic acids is 1. The molecule has 1 saturated heterocycles. The van der Waals surface area contributed by atoms with E-state index < -0.39 is 12.0 Å². The van der Waals surface area contributed by atoms with Crippen molar-refractivity contribution in [2.45, 2.75) is 51.0 Å². The summed E-state index contributed by atoms with van der Waals surface area (Å²) in [7, 11) is 0. The molecule has 3 unspecified atom stereocenters. The molecule has 1 saturated carbocycles. The first kappa shape index (κ1) is 15.1. The SMILES string of the molecule is CC(C)c1ccc(C2CC2C(=O)N2CCCC2C(=O)O)cc1. The molecule has 1 aromatic rings. The van der Waals surface area contributed by atoms with E-state index in [4.69, 9.17) is 0 Å². The Bertz CT molecular complexity index is 578. The Kier molecular flexibility index (Phi) is 3.94. The molecule has 3 rings (SSSR count). The summed E-state index contributed by atoms with van der Waals surface area (Å²) in [4.78, 5) is 25.3. The van der Waals surface area contributed by atoms with Crippen LogP contribution in [0.25, 0.3) is 0 Å². The van der Waals surface area contributed by atoms with E-state index in [1.165, 1.54) is 11.1 Å². The van der Waals surface area contributed by atoms with Crippen LogP contribution < -0.4 is 0 Å². The second-order valence-electron chi connectivity index (χ2n) is 6.80. The molecule has 3 atom stereocenters. The number of hydrogen-bond acceptors (Lipinski definition) is 2. The molecular weight excluding hydrogens is 278 g/mol. The van der Waals surface area contributed by atoms with Crippen LogP contribution in [0.5, 0.6) is 0 Å². The van der Waals surface area contributed by atoms with Crippen molar-refractivity contribution in [2.75, 3.05) is 6.54 Å². The first-order valence-corrected chi connectivity index (χ1v) is 8.12. The van der Waals surface area contributed by atoms with Gasteiger partial charge < -0.3 is 10.0 Å². The van der Waals surface area contributed by atoms with Gasteiger partial charge in [0.25, 0.3) is 0 Å². The van der Waals surface area contributed by atoms with Gasteiger partial charge in [-0.25, -0.2) is 4.79 Å². The van der Waals surface area contributed by atoms with Gasteiger partial charge in [0, 0.05) is 12.5 Å². The van der Waals surface area contributed by atoms with Crippen LogP contribution in [0.3, 0.4) is 0 Å². The number of likely N-dealkylation sites (tertiary alicyclic amines) is 1. The van der Waals surface area contributed by atoms with E-state index in [1.807, 2.05) is 0 Å². The van der Waals surface area contributed by atoms with Gasteiger partial charge in [-0.1, -0.05) is 38.1 Å². The number of benzene rings is 1. The number of nitrogens with zero attached hydrogens (tertiary/aromatic N) is 1. The van der Waals surface area contributed by atoms with Gasteiger partial charge in [0.2, 0.25) is 5.91 Å². The third kappa shape index (κ3) is 2.74. The van der Waals surface area contributed by atoms with Gasteiger partial charge >= 0.3 is 5.97 Å². The summed E-state index contributed by atoms with van der Waals surface area (Å²) in [6.07, 6.45) is 2.23. The highest BCUT2D eigenvalue weighted by molar-refractivity contribution is 5.88. The third-order valence-corrected chi connectivity index (χ3v) is 4.96. The highest BCUT2D eigenvalue weighted by atomic mass is 16.4. The van der Waals surface area contributed by atoms with Crippen LogP contribution >= 0.6 is 0 Å². The summed E-state index contributed by atoms with van der Waals surface area (Å²) in [5.74, 6) is -0.0904. The molecule has 0 radical (unpaired) electrons. The van der Waals surface area contributed by atoms with E-state index >= 15 is 0 Å². The highest BCUT2D eigenvalue weighted by Gasteiger charge is 2.48. The average Bonchev–Trinajstić information content (AvgIpc) is 3.14. The summed E-state index contributed by atoms with van der Waals surface area (Å²) in [5.41, 5.74) is 2.51. The molecule has 0 spiro atoms. The Balaban J connectivity index is 1.66. The predicted molar refractivity (Wildman–Crippen MR) is 83.7 cm³/mol. The largest absolute Gasteiger partial charge is 0.480 e. The van der Waals surface area contributed by atoms with Gasteiger partial charge in [-0.2, -0.15) is 0 Å². The van der Waals surface area contributed by atoms with Crippen LogP contribution in [0.4, 0.5) is 0 Å². The minimum atomic E-state index is -0.871. The molecule has 1 aliphatic heterocycles. The minimum Gasteiger partial charge on any atom is -0.480 e. The quantitative estimate of drug-likeness (QED) is 0.930. The van der Waals surface area contributed by atoms with E-state index in [0.717, 1.165) is 12.8 Å². The van der Waals surface area contributed by atoms with Crippen molar-refractivity contribution in [1.82, 2.24) is 4.90 Å². The van der Waals surface area contributed by atoms with Crippen molar-refractivity contribution in [2.24, 2.45) is 5.92 Å². The van der Waals surface area contributed by atoms with Crippen LogP contribution in [-0.2, 0) is 9.59 Å². The maximum absolute atomic E-state index is 12.5. The van der Waals surface area contributed by atoms with Gasteiger partial charge in [-0.3, -0.25) is 4.79 Å². The zero-order valence-electron chi connectivity index (χ0n) is 13.2. The zero-order chi connectivity index (χ0) is 15.9. The Morgan fingerprint density at radius 1 is 1.23 bits per heavy atom. The van der Waals surface area contributed by atoms with Gasteiger partial charge in [-0.15, -0.1) is 0 Å². The lowest BCUT2D eigenvalue weighted by Crippen LogP contribution is -2.41. The second-order valence-corrected chi connectivity index (χ2v) is 6.80. The highest BCUT2D eigenvalue weighted by Crippen LogP contribution is 2.49. The van der Waals surface area contributed by atoms with Crippen molar-refractivity contribution in [3.8, 4) is 0 Å². The molecule has 1 heterocycles. The van der Waals surface area contributed by atoms with Crippen LogP contribution in [0.15, 0.2) is 24.3 Å². The molecule has 4 heteroatoms. The monoisotopic (exact) mass is 301 g/mol. The number of amides is 1. The maximum Gasteiger partial charge on any atom is 0.326 e. The first-order valence-electron chi connectivity index (χ1n) is 8.12. The van der Waals surface area contributed by atoms with E-state index in [-0.39, 0.29) is 17.7 Å². The summed E-state index contributed by atoms with van der Waals surface area (Å²) >= 11 is 0. The molecular formula is C18H23NO3. The topological polar surface area (TPSA) is 57.6 Å². The molecule has 1 N–H and O–H groups in total. The summed E-state index contributed by atoms with van der Waals surface area (Å²) in [6, 6.07) is 7.89. The molecule has 4 nitrogen and oxygen atoms in total. The second kappa shape index (κ2) is 5.75. The van der Waals surface area contributed by atoms with Crippen LogP contribution in [-0.4, -0.2) is 34.5 Å². The number of carboxylic acid groups (broad SMARTS) is 1. The lowest BCUT2D eigenvalue weighted by Gasteiger charge is -2.21. The van der Waals surface area contributed by atoms with E-state index in [1.54, 1.807) is 4.90 Å². The molecule has 2 aliphatic rings. The Hall–Kier alpha value is -1.84. The fourth-order valence-corrected chi connectivity index (χ4v) is 3.46. The van der Waals surface area contributed by atoms with Crippen LogP contribution in [0.2, 0.25) is 0 Å². The van der Waals surface area contributed by atoms with E-state index in [0.29, 0.717) is 18.9 Å². The third-order valence-electron chi connectivity index (χ3n) is 4.96. The zero-order valence-corrected chi connectivity index (χ0v) is 13.2. The van der Waals surface area contributed by atoms with Crippen molar-refractivity contribution in [1.29, 1.82) is 0 Å². The van der Waals surface area contributed by atoms with E-state index in [9.17, 15) is 14.7 Å². The number of carboxylic acids is 1. The standard InChI is InChI=1S/C18H23NO3/c1-11(2)12-5-7-13(8-6-12)14-10-15(14)17(20)19-9-3-4-16(19)18(21)22/h5-8,11,14-16H,3-4,9-10H2,1-2H3,(H,21,22). The summed E-state index contributed by atoms with van der Waals surface area (Å²) in [6.45, 7) is 4.92. The fourth-order valence-electron chi connectivity index (χ4n) is 3.46. The Morgan fingerprint density at radius 2 is 1.91 bits per heavy atom. The van der Waals surface area contributed by atoms with Gasteiger partial charge in [-0.05, 0) is 42.2 Å². The van der Waals surface area contributed by atoms with Crippen LogP contribution in [0, 0.1) is 5.92 Å². The summed E-state index contributed by atoms with van der Waals surface area (Å²) < 4.78 is 0. The maximum atomic E-state index is 12.5. The normalized spacial score (nSPS) is 27.2. The first-order chi connectivity index (χ1) is 10.5. The van der Waals surface area contributed by atoms with Crippen molar-refractivity contribution >= 4 is 11.9 Å². The lowest BCUT2D eigenvalue weighted by atomic mass is 10.00. The van der Waals surface area contributed by atoms with Gasteiger partial charge in [0.15, 0.2) is 0 Å². The minimum absolute atomic E-state index is 0.0233. The van der Waals surface area contributed by atoms with Crippen molar-refractivity contribution < 1.29 is 14.7 Å². The van der Waals surface area contributed by atoms with Crippen LogP contribution in [0.1, 0.15) is 56.1 Å². The molecule has 0 aromatic heterocycles. The van der Waals surface area contributed by atoms with Crippen molar-refractivity contribution in [3.63, 3.8) is 0 Å². The van der Waals surface area contributed by atoms with Gasteiger partial charge in [0.05, 0.1) is 0 Å². The molecule has 1 aromatic carbocycles. The summed E-state index contributed by atoms with van der Waals surface area (Å²) in [5, 5.41) is 9.21. The fraction of sp³-hybridized carbons (Fsp3) is 0.556. The number of aliphatic carboxylic acids is 1. The molecule has 1 aliphatic carbocycles. The average molecular weight is 301 g/mol. The van der Waals surface area contributed by atoms with Crippen molar-refractivity contribution in [3.05, 3.63) is 35.4 Å². The Labute approximate surface area is 131 Å². The number of rotatable bonds is 4. The molecule has 118 valence electrons. The molecule has 1 amide bonds. The number of hydrogen-bond donors (Lipinski definition) is 1. The Morgan fingerprint density at radius 3 is 2.50 bits per heavy atom. The van der Waals surface area contributed by atoms with E-state index in [2.05, 4.69) is 38.1 Å². The molecule has 22 heavy (non-hydrogen) atoms. The molecule has 2 fully saturated rings. The van der Waals surface area contributed by atoms with Gasteiger partial charge in [0.1, 0.15) is 6.04 Å². The lowest BCUT2D eigenvalue weighted by molar-refractivity contribution is -0.148. The smallest absolute Gasteiger partial charge is 0.326 e. The molecule has 0 bridgehead atoms. The predicted octanol–water partition coefficient (Wildman–Crippen LogP) is 2.99.